The lowest BCUT2D eigenvalue weighted by atomic mass is 9.55. The van der Waals surface area contributed by atoms with Crippen molar-refractivity contribution in [2.45, 2.75) is 64.4 Å². The third kappa shape index (κ3) is 3.81. The molecule has 0 bridgehead atoms. The first-order chi connectivity index (χ1) is 13.0. The van der Waals surface area contributed by atoms with Crippen molar-refractivity contribution < 1.29 is 19.7 Å². The van der Waals surface area contributed by atoms with Gasteiger partial charge in [-0.05, 0) is 102 Å². The molecule has 4 rings (SSSR count). The fourth-order valence-electron chi connectivity index (χ4n) is 5.81. The molecule has 1 aromatic rings. The summed E-state index contributed by atoms with van der Waals surface area (Å²) < 4.78 is 11.8. The number of fused-ring (bicyclic) bond motifs is 5. The van der Waals surface area contributed by atoms with E-state index in [0.29, 0.717) is 11.8 Å². The minimum Gasteiger partial charge on any atom is -0.466 e. The van der Waals surface area contributed by atoms with Crippen LogP contribution in [0.25, 0.3) is 0 Å². The van der Waals surface area contributed by atoms with E-state index in [-0.39, 0.29) is 24.9 Å². The zero-order chi connectivity index (χ0) is 19.6. The van der Waals surface area contributed by atoms with Gasteiger partial charge in [0.05, 0.1) is 10.6 Å². The predicted molar refractivity (Wildman–Crippen MR) is 110 cm³/mol. The fraction of sp³-hybridized carbons (Fsp3) is 0.727. The Kier molecular flexibility index (Phi) is 6.88. The van der Waals surface area contributed by atoms with Crippen LogP contribution in [-0.2, 0) is 11.2 Å². The second-order valence-corrected chi connectivity index (χ2v) is 9.16. The van der Waals surface area contributed by atoms with Crippen molar-refractivity contribution in [1.29, 1.82) is 0 Å². The first-order valence-corrected chi connectivity index (χ1v) is 11.0. The number of rotatable bonds is 3. The van der Waals surface area contributed by atoms with Crippen LogP contribution in [0.2, 0.25) is 0 Å². The molecule has 0 saturated heterocycles. The molecule has 5 heteroatoms. The molecular formula is C22H33BrO4. The van der Waals surface area contributed by atoms with Crippen LogP contribution in [-0.4, -0.2) is 36.8 Å². The summed E-state index contributed by atoms with van der Waals surface area (Å²) in [7, 11) is 1.64. The van der Waals surface area contributed by atoms with E-state index >= 15 is 0 Å². The normalized spacial score (nSPS) is 34.0. The highest BCUT2D eigenvalue weighted by Gasteiger charge is 2.54. The first kappa shape index (κ1) is 21.1. The Morgan fingerprint density at radius 1 is 1.22 bits per heavy atom. The molecule has 0 aliphatic heterocycles. The Balaban J connectivity index is 0.000000659. The highest BCUT2D eigenvalue weighted by Crippen LogP contribution is 2.61. The predicted octanol–water partition coefficient (Wildman–Crippen LogP) is 4.65. The number of aliphatic hydroxyl groups is 2. The van der Waals surface area contributed by atoms with E-state index in [1.54, 1.807) is 14.0 Å². The molecule has 2 saturated carbocycles. The largest absolute Gasteiger partial charge is 0.466 e. The monoisotopic (exact) mass is 440 g/mol. The van der Waals surface area contributed by atoms with Crippen LogP contribution in [0.15, 0.2) is 16.6 Å². The lowest BCUT2D eigenvalue weighted by Crippen LogP contribution is -2.44. The van der Waals surface area contributed by atoms with Gasteiger partial charge < -0.3 is 19.7 Å². The Morgan fingerprint density at radius 3 is 2.67 bits per heavy atom. The summed E-state index contributed by atoms with van der Waals surface area (Å²) in [6.07, 6.45) is 6.78. The van der Waals surface area contributed by atoms with Gasteiger partial charge in [0.25, 0.3) is 0 Å². The number of aliphatic hydroxyl groups excluding tert-OH is 2. The molecule has 0 aromatic heterocycles. The maximum atomic E-state index is 10.5. The molecule has 3 aliphatic rings. The molecule has 0 radical (unpaired) electrons. The van der Waals surface area contributed by atoms with Crippen LogP contribution >= 0.6 is 15.9 Å². The summed E-state index contributed by atoms with van der Waals surface area (Å²) >= 11 is 3.77. The maximum Gasteiger partial charge on any atom is 0.188 e. The first-order valence-electron chi connectivity index (χ1n) is 10.2. The summed E-state index contributed by atoms with van der Waals surface area (Å²) in [6, 6.07) is 4.36. The minimum atomic E-state index is -0.0959. The third-order valence-electron chi connectivity index (χ3n) is 7.09. The Bertz CT molecular complexity index is 649. The topological polar surface area (TPSA) is 58.9 Å². The van der Waals surface area contributed by atoms with Crippen molar-refractivity contribution in [3.63, 3.8) is 0 Å². The summed E-state index contributed by atoms with van der Waals surface area (Å²) in [6.45, 7) is 4.54. The van der Waals surface area contributed by atoms with Crippen LogP contribution in [0.3, 0.4) is 0 Å². The van der Waals surface area contributed by atoms with E-state index in [2.05, 4.69) is 35.0 Å². The van der Waals surface area contributed by atoms with Crippen molar-refractivity contribution in [1.82, 2.24) is 0 Å². The van der Waals surface area contributed by atoms with Crippen LogP contribution in [0.4, 0.5) is 0 Å². The summed E-state index contributed by atoms with van der Waals surface area (Å²) in [5.41, 5.74) is 3.08. The second-order valence-electron chi connectivity index (χ2n) is 8.37. The molecule has 152 valence electrons. The zero-order valence-electron chi connectivity index (χ0n) is 16.7. The number of hydrogen-bond donors (Lipinski definition) is 2. The van der Waals surface area contributed by atoms with E-state index < -0.39 is 0 Å². The summed E-state index contributed by atoms with van der Waals surface area (Å²) in [5, 5.41) is 18.1. The Labute approximate surface area is 171 Å². The van der Waals surface area contributed by atoms with Gasteiger partial charge in [0.1, 0.15) is 5.75 Å². The highest BCUT2D eigenvalue weighted by atomic mass is 79.9. The van der Waals surface area contributed by atoms with Gasteiger partial charge in [-0.2, -0.15) is 0 Å². The van der Waals surface area contributed by atoms with E-state index in [4.69, 9.17) is 14.6 Å². The van der Waals surface area contributed by atoms with E-state index in [9.17, 15) is 5.11 Å². The van der Waals surface area contributed by atoms with Gasteiger partial charge in [0.2, 0.25) is 0 Å². The molecule has 2 fully saturated rings. The van der Waals surface area contributed by atoms with Crippen LogP contribution in [0.5, 0.6) is 5.75 Å². The Hall–Kier alpha value is -0.620. The molecule has 0 heterocycles. The van der Waals surface area contributed by atoms with Crippen LogP contribution in [0, 0.1) is 17.3 Å². The van der Waals surface area contributed by atoms with Gasteiger partial charge in [0.15, 0.2) is 6.79 Å². The average molecular weight is 441 g/mol. The van der Waals surface area contributed by atoms with Gasteiger partial charge >= 0.3 is 0 Å². The molecule has 27 heavy (non-hydrogen) atoms. The van der Waals surface area contributed by atoms with Gasteiger partial charge in [-0.1, -0.05) is 13.0 Å². The molecule has 0 spiro atoms. The van der Waals surface area contributed by atoms with Crippen molar-refractivity contribution in [2.24, 2.45) is 17.3 Å². The maximum absolute atomic E-state index is 10.5. The van der Waals surface area contributed by atoms with E-state index in [1.165, 1.54) is 30.4 Å². The standard InChI is InChI=1S/C20H27BrO3.C2H6O/c1-20-10-9-13-12-5-7-17(24-11-23-2)19(21)15(12)4-3-14(13)16(20)6-8-18(20)22;1-2-3/h5,7,13-14,16,18,22H,3-4,6,8-11H2,1-2H3;3H,2H2,1H3/t13-,14-,16+,18+,20+;/m1./s1. The second kappa shape index (κ2) is 8.81. The zero-order valence-corrected chi connectivity index (χ0v) is 18.3. The highest BCUT2D eigenvalue weighted by molar-refractivity contribution is 9.10. The molecule has 0 amide bonds. The lowest BCUT2D eigenvalue weighted by Gasteiger charge is -2.50. The van der Waals surface area contributed by atoms with Gasteiger partial charge in [-0.25, -0.2) is 0 Å². The number of ether oxygens (including phenoxy) is 2. The quantitative estimate of drug-likeness (QED) is 0.671. The summed E-state index contributed by atoms with van der Waals surface area (Å²) in [5.74, 6) is 2.93. The van der Waals surface area contributed by atoms with Crippen molar-refractivity contribution in [2.75, 3.05) is 20.5 Å². The number of benzene rings is 1. The Morgan fingerprint density at radius 2 is 1.96 bits per heavy atom. The van der Waals surface area contributed by atoms with Crippen molar-refractivity contribution >= 4 is 15.9 Å². The molecule has 3 aliphatic carbocycles. The number of halogens is 1. The van der Waals surface area contributed by atoms with Gasteiger partial charge in [-0.3, -0.25) is 0 Å². The van der Waals surface area contributed by atoms with E-state index in [0.717, 1.165) is 35.4 Å². The minimum absolute atomic E-state index is 0.0959. The molecule has 1 aromatic carbocycles. The molecule has 4 nitrogen and oxygen atoms in total. The van der Waals surface area contributed by atoms with Gasteiger partial charge in [0, 0.05) is 13.7 Å². The molecular weight excluding hydrogens is 408 g/mol. The lowest BCUT2D eigenvalue weighted by molar-refractivity contribution is -0.0226. The molecule has 5 atom stereocenters. The smallest absolute Gasteiger partial charge is 0.188 e. The van der Waals surface area contributed by atoms with Crippen LogP contribution < -0.4 is 4.74 Å². The molecule has 0 unspecified atom stereocenters. The number of methoxy groups -OCH3 is 1. The molecule has 2 N–H and O–H groups in total. The average Bonchev–Trinajstić information content (AvgIpc) is 2.97. The van der Waals surface area contributed by atoms with Crippen molar-refractivity contribution in [3.8, 4) is 5.75 Å². The fourth-order valence-corrected chi connectivity index (χ4v) is 6.48. The van der Waals surface area contributed by atoms with E-state index in [1.807, 2.05) is 0 Å². The van der Waals surface area contributed by atoms with Crippen LogP contribution in [0.1, 0.15) is 63.0 Å². The SMILES string of the molecule is CCO.COCOc1ccc2c(c1Br)CC[C@@H]1[C@@H]2CC[C@]2(C)[C@@H](O)CC[C@@H]12. The van der Waals surface area contributed by atoms with Crippen molar-refractivity contribution in [3.05, 3.63) is 27.7 Å². The van der Waals surface area contributed by atoms with Gasteiger partial charge in [-0.15, -0.1) is 0 Å². The number of hydrogen-bond acceptors (Lipinski definition) is 4. The summed E-state index contributed by atoms with van der Waals surface area (Å²) in [4.78, 5) is 0. The third-order valence-corrected chi connectivity index (χ3v) is 7.96.